The van der Waals surface area contributed by atoms with E-state index < -0.39 is 28.1 Å². The lowest BCUT2D eigenvalue weighted by atomic mass is 10.1. The van der Waals surface area contributed by atoms with Crippen LogP contribution in [0.1, 0.15) is 20.3 Å². The van der Waals surface area contributed by atoms with Crippen molar-refractivity contribution in [3.63, 3.8) is 0 Å². The van der Waals surface area contributed by atoms with E-state index in [4.69, 9.17) is 10.0 Å². The second-order valence-corrected chi connectivity index (χ2v) is 8.47. The number of nitrogens with zero attached hydrogens (tertiary/aromatic N) is 1. The fourth-order valence-electron chi connectivity index (χ4n) is 2.75. The van der Waals surface area contributed by atoms with Crippen molar-refractivity contribution in [2.75, 3.05) is 13.6 Å². The first-order chi connectivity index (χ1) is 13.8. The first-order valence-electron chi connectivity index (χ1n) is 9.26. The molecule has 0 aliphatic carbocycles. The van der Waals surface area contributed by atoms with Crippen LogP contribution in [0.15, 0.2) is 59.5 Å². The molecule has 0 bridgehead atoms. The van der Waals surface area contributed by atoms with E-state index in [-0.39, 0.29) is 11.3 Å². The quantitative estimate of drug-likeness (QED) is 0.401. The molecule has 0 aliphatic heterocycles. The summed E-state index contributed by atoms with van der Waals surface area (Å²) in [6, 6.07) is 14.7. The summed E-state index contributed by atoms with van der Waals surface area (Å²) < 4.78 is 27.2. The van der Waals surface area contributed by atoms with Crippen LogP contribution in [0.25, 0.3) is 11.1 Å². The summed E-state index contributed by atoms with van der Waals surface area (Å²) in [4.78, 5) is 17.7. The number of benzene rings is 2. The average Bonchev–Trinajstić information content (AvgIpc) is 2.73. The smallest absolute Gasteiger partial charge is 0.265 e. The summed E-state index contributed by atoms with van der Waals surface area (Å²) >= 11 is 0. The van der Waals surface area contributed by atoms with Crippen LogP contribution in [-0.2, 0) is 19.7 Å². The van der Waals surface area contributed by atoms with E-state index in [1.165, 1.54) is 17.6 Å². The zero-order chi connectivity index (χ0) is 21.4. The highest BCUT2D eigenvalue weighted by atomic mass is 32.2. The Morgan fingerprint density at radius 1 is 1.07 bits per heavy atom. The largest absolute Gasteiger partial charge is 0.320 e. The predicted molar refractivity (Wildman–Crippen MR) is 109 cm³/mol. The number of carbonyl (C=O) groups excluding carboxylic acids is 1. The Balaban J connectivity index is 2.41. The summed E-state index contributed by atoms with van der Waals surface area (Å²) in [5, 5.41) is 12.0. The molecule has 0 saturated heterocycles. The first kappa shape index (κ1) is 23.0. The average molecular weight is 422 g/mol. The number of hydroxylamine groups is 2. The highest BCUT2D eigenvalue weighted by Crippen LogP contribution is 2.25. The Kier molecular flexibility index (Phi) is 8.30. The van der Waals surface area contributed by atoms with E-state index in [1.807, 2.05) is 30.3 Å². The molecule has 2 rings (SSSR count). The van der Waals surface area contributed by atoms with Gasteiger partial charge in [0.25, 0.3) is 15.9 Å². The van der Waals surface area contributed by atoms with Crippen LogP contribution in [0, 0.1) is 0 Å². The number of carbonyl (C=O) groups is 1. The third-order valence-corrected chi connectivity index (χ3v) is 5.83. The van der Waals surface area contributed by atoms with E-state index in [9.17, 15) is 13.2 Å². The Morgan fingerprint density at radius 3 is 2.17 bits per heavy atom. The van der Waals surface area contributed by atoms with Gasteiger partial charge in [0, 0.05) is 0 Å². The second-order valence-electron chi connectivity index (χ2n) is 6.69. The summed E-state index contributed by atoms with van der Waals surface area (Å²) in [5.41, 5.74) is 3.35. The molecule has 9 heteroatoms. The minimum atomic E-state index is -4.17. The summed E-state index contributed by atoms with van der Waals surface area (Å²) in [7, 11) is -2.49. The molecular weight excluding hydrogens is 394 g/mol. The number of rotatable bonds is 10. The molecule has 158 valence electrons. The number of amides is 1. The SMILES string of the molecule is CNCC[C@H](C(=O)NO)N(OC(C)C)S(=O)(=O)c1ccc(-c2ccccc2)cc1. The molecule has 0 spiro atoms. The van der Waals surface area contributed by atoms with Crippen molar-refractivity contribution in [2.24, 2.45) is 0 Å². The van der Waals surface area contributed by atoms with E-state index in [0.717, 1.165) is 11.1 Å². The maximum atomic E-state index is 13.3. The van der Waals surface area contributed by atoms with Gasteiger partial charge in [-0.25, -0.2) is 13.9 Å². The minimum Gasteiger partial charge on any atom is -0.320 e. The molecule has 0 unspecified atom stereocenters. The molecule has 0 heterocycles. The van der Waals surface area contributed by atoms with Gasteiger partial charge in [0.2, 0.25) is 0 Å². The van der Waals surface area contributed by atoms with Gasteiger partial charge in [0.15, 0.2) is 0 Å². The monoisotopic (exact) mass is 421 g/mol. The van der Waals surface area contributed by atoms with E-state index in [0.29, 0.717) is 11.0 Å². The van der Waals surface area contributed by atoms with Crippen molar-refractivity contribution in [1.82, 2.24) is 15.3 Å². The molecule has 2 aromatic rings. The Bertz CT molecular complexity index is 886. The molecule has 2 aromatic carbocycles. The molecule has 0 aliphatic rings. The van der Waals surface area contributed by atoms with Crippen LogP contribution < -0.4 is 10.8 Å². The van der Waals surface area contributed by atoms with Crippen molar-refractivity contribution >= 4 is 15.9 Å². The van der Waals surface area contributed by atoms with Crippen molar-refractivity contribution in [3.05, 3.63) is 54.6 Å². The van der Waals surface area contributed by atoms with Crippen LogP contribution in [0.2, 0.25) is 0 Å². The van der Waals surface area contributed by atoms with Crippen LogP contribution in [0.5, 0.6) is 0 Å². The Morgan fingerprint density at radius 2 is 1.66 bits per heavy atom. The molecule has 0 aromatic heterocycles. The lowest BCUT2D eigenvalue weighted by Gasteiger charge is -2.30. The highest BCUT2D eigenvalue weighted by molar-refractivity contribution is 7.89. The predicted octanol–water partition coefficient (Wildman–Crippen LogP) is 2.17. The molecule has 0 fully saturated rings. The van der Waals surface area contributed by atoms with Gasteiger partial charge in [-0.1, -0.05) is 46.9 Å². The summed E-state index contributed by atoms with van der Waals surface area (Å²) in [6.45, 7) is 3.67. The number of sulfonamides is 1. The highest BCUT2D eigenvalue weighted by Gasteiger charge is 2.37. The fraction of sp³-hybridized carbons (Fsp3) is 0.350. The van der Waals surface area contributed by atoms with E-state index in [1.54, 1.807) is 33.0 Å². The molecule has 1 amide bonds. The molecule has 1 atom stereocenters. The number of hydrogen-bond donors (Lipinski definition) is 3. The number of nitrogens with one attached hydrogen (secondary N) is 2. The minimum absolute atomic E-state index is 0.0157. The Labute approximate surface area is 171 Å². The lowest BCUT2D eigenvalue weighted by molar-refractivity contribution is -0.166. The molecule has 8 nitrogen and oxygen atoms in total. The molecule has 0 radical (unpaired) electrons. The fourth-order valence-corrected chi connectivity index (χ4v) is 4.26. The third-order valence-electron chi connectivity index (χ3n) is 4.15. The van der Waals surface area contributed by atoms with Gasteiger partial charge in [-0.15, -0.1) is 0 Å². The summed E-state index contributed by atoms with van der Waals surface area (Å²) in [6.07, 6.45) is -0.395. The summed E-state index contributed by atoms with van der Waals surface area (Å²) in [5.74, 6) is -0.870. The topological polar surface area (TPSA) is 108 Å². The van der Waals surface area contributed by atoms with Crippen LogP contribution >= 0.6 is 0 Å². The zero-order valence-electron chi connectivity index (χ0n) is 16.7. The van der Waals surface area contributed by atoms with E-state index in [2.05, 4.69) is 5.32 Å². The second kappa shape index (κ2) is 10.5. The first-order valence-corrected chi connectivity index (χ1v) is 10.7. The normalized spacial score (nSPS) is 12.9. The maximum Gasteiger partial charge on any atom is 0.265 e. The molecule has 29 heavy (non-hydrogen) atoms. The van der Waals surface area contributed by atoms with Gasteiger partial charge in [-0.2, -0.15) is 0 Å². The van der Waals surface area contributed by atoms with Crippen molar-refractivity contribution < 1.29 is 23.3 Å². The van der Waals surface area contributed by atoms with Gasteiger partial charge < -0.3 is 5.32 Å². The standard InChI is InChI=1S/C20H27N3O5S/c1-15(2)28-23(19(13-14-21-3)20(24)22-25)29(26,27)18-11-9-17(10-12-18)16-7-5-4-6-8-16/h4-12,15,19,21,25H,13-14H2,1-3H3,(H,22,24)/t19-/m1/s1. The van der Waals surface area contributed by atoms with Gasteiger partial charge in [0.05, 0.1) is 11.0 Å². The lowest BCUT2D eigenvalue weighted by Crippen LogP contribution is -2.50. The van der Waals surface area contributed by atoms with Crippen LogP contribution in [0.4, 0.5) is 0 Å². The van der Waals surface area contributed by atoms with Crippen LogP contribution in [-0.4, -0.2) is 49.7 Å². The molecule has 0 saturated carbocycles. The van der Waals surface area contributed by atoms with E-state index >= 15 is 0 Å². The third kappa shape index (κ3) is 5.84. The van der Waals surface area contributed by atoms with Crippen LogP contribution in [0.3, 0.4) is 0 Å². The zero-order valence-corrected chi connectivity index (χ0v) is 17.5. The number of hydrogen-bond acceptors (Lipinski definition) is 6. The van der Waals surface area contributed by atoms with Gasteiger partial charge >= 0.3 is 0 Å². The van der Waals surface area contributed by atoms with Gasteiger partial charge in [0.1, 0.15) is 6.04 Å². The van der Waals surface area contributed by atoms with Crippen molar-refractivity contribution in [1.29, 1.82) is 0 Å². The van der Waals surface area contributed by atoms with Gasteiger partial charge in [-0.3, -0.25) is 14.8 Å². The van der Waals surface area contributed by atoms with Crippen molar-refractivity contribution in [2.45, 2.75) is 37.3 Å². The van der Waals surface area contributed by atoms with Gasteiger partial charge in [-0.05, 0) is 57.1 Å². The molecule has 3 N–H and O–H groups in total. The Hall–Kier alpha value is -2.30. The molecular formula is C20H27N3O5S. The maximum absolute atomic E-state index is 13.3. The van der Waals surface area contributed by atoms with Crippen molar-refractivity contribution in [3.8, 4) is 11.1 Å².